The Morgan fingerprint density at radius 2 is 2.04 bits per heavy atom. The van der Waals surface area contributed by atoms with Crippen molar-refractivity contribution in [1.29, 1.82) is 0 Å². The summed E-state index contributed by atoms with van der Waals surface area (Å²) in [5, 5.41) is 8.17. The summed E-state index contributed by atoms with van der Waals surface area (Å²) in [5.74, 6) is -0.384. The van der Waals surface area contributed by atoms with Crippen molar-refractivity contribution in [3.05, 3.63) is 28.7 Å². The third kappa shape index (κ3) is 4.76. The van der Waals surface area contributed by atoms with Gasteiger partial charge in [0.05, 0.1) is 18.6 Å². The number of rotatable bonds is 7. The van der Waals surface area contributed by atoms with E-state index in [0.717, 1.165) is 0 Å². The molecule has 0 radical (unpaired) electrons. The van der Waals surface area contributed by atoms with Crippen LogP contribution in [0.1, 0.15) is 19.4 Å². The molecule has 1 heterocycles. The monoisotopic (exact) mass is 365 g/mol. The number of hydrogen-bond donors (Lipinski definition) is 1. The van der Waals surface area contributed by atoms with Crippen LogP contribution in [0.5, 0.6) is 11.5 Å². The molecule has 8 heteroatoms. The largest absolute Gasteiger partial charge is 0.493 e. The SMILES string of the molecule is COc1cc(/C=C2\SC(=O)N(CC(=O)O)C2=O)ccc1OCC(C)C. The predicted octanol–water partition coefficient (Wildman–Crippen LogP) is 2.85. The zero-order valence-corrected chi connectivity index (χ0v) is 15.0. The third-order valence-electron chi connectivity index (χ3n) is 3.22. The quantitative estimate of drug-likeness (QED) is 0.743. The Balaban J connectivity index is 2.22. The molecule has 2 amide bonds. The molecule has 0 aliphatic carbocycles. The number of carboxylic acids is 1. The van der Waals surface area contributed by atoms with Gasteiger partial charge in [-0.15, -0.1) is 0 Å². The molecule has 7 nitrogen and oxygen atoms in total. The second-order valence-corrected chi connectivity index (χ2v) is 6.77. The molecule has 0 bridgehead atoms. The maximum Gasteiger partial charge on any atom is 0.323 e. The summed E-state index contributed by atoms with van der Waals surface area (Å²) in [6, 6.07) is 5.17. The van der Waals surface area contributed by atoms with E-state index in [4.69, 9.17) is 14.6 Å². The van der Waals surface area contributed by atoms with E-state index in [1.165, 1.54) is 13.2 Å². The summed E-state index contributed by atoms with van der Waals surface area (Å²) >= 11 is 0.714. The maximum absolute atomic E-state index is 12.2. The summed E-state index contributed by atoms with van der Waals surface area (Å²) in [5.41, 5.74) is 0.648. The van der Waals surface area contributed by atoms with Crippen LogP contribution in [-0.4, -0.2) is 47.4 Å². The predicted molar refractivity (Wildman–Crippen MR) is 93.6 cm³/mol. The lowest BCUT2D eigenvalue weighted by Gasteiger charge is -2.13. The second-order valence-electron chi connectivity index (χ2n) is 5.78. The van der Waals surface area contributed by atoms with Crippen LogP contribution in [-0.2, 0) is 9.59 Å². The average Bonchev–Trinajstić information content (AvgIpc) is 2.80. The van der Waals surface area contributed by atoms with E-state index in [-0.39, 0.29) is 4.91 Å². The number of thioether (sulfide) groups is 1. The first-order valence-corrected chi connectivity index (χ1v) is 8.41. The number of benzene rings is 1. The van der Waals surface area contributed by atoms with Gasteiger partial charge in [-0.2, -0.15) is 0 Å². The summed E-state index contributed by atoms with van der Waals surface area (Å²) < 4.78 is 11.0. The Bertz CT molecular complexity index is 728. The van der Waals surface area contributed by atoms with Gasteiger partial charge in [-0.1, -0.05) is 19.9 Å². The first-order chi connectivity index (χ1) is 11.8. The molecule has 0 unspecified atom stereocenters. The summed E-state index contributed by atoms with van der Waals surface area (Å²) in [6.07, 6.45) is 1.53. The van der Waals surface area contributed by atoms with E-state index in [2.05, 4.69) is 0 Å². The molecule has 0 spiro atoms. The van der Waals surface area contributed by atoms with E-state index in [9.17, 15) is 14.4 Å². The first kappa shape index (κ1) is 18.9. The van der Waals surface area contributed by atoms with Crippen LogP contribution in [0, 0.1) is 5.92 Å². The zero-order chi connectivity index (χ0) is 18.6. The minimum Gasteiger partial charge on any atom is -0.493 e. The molecule has 1 fully saturated rings. The van der Waals surface area contributed by atoms with Crippen molar-refractivity contribution in [3.63, 3.8) is 0 Å². The van der Waals surface area contributed by atoms with Gasteiger partial charge in [-0.25, -0.2) is 0 Å². The molecular weight excluding hydrogens is 346 g/mol. The van der Waals surface area contributed by atoms with Crippen LogP contribution in [0.3, 0.4) is 0 Å². The van der Waals surface area contributed by atoms with Crippen LogP contribution >= 0.6 is 11.8 Å². The van der Waals surface area contributed by atoms with Gasteiger partial charge < -0.3 is 14.6 Å². The third-order valence-corrected chi connectivity index (χ3v) is 4.13. The molecule has 0 saturated carbocycles. The summed E-state index contributed by atoms with van der Waals surface area (Å²) in [6.45, 7) is 3.97. The molecule has 1 N–H and O–H groups in total. The number of hydrogen-bond acceptors (Lipinski definition) is 6. The van der Waals surface area contributed by atoms with Gasteiger partial charge in [-0.05, 0) is 41.5 Å². The number of aliphatic carboxylic acids is 1. The molecule has 1 aliphatic heterocycles. The Hall–Kier alpha value is -2.48. The van der Waals surface area contributed by atoms with Gasteiger partial charge in [0.15, 0.2) is 11.5 Å². The number of carbonyl (C=O) groups excluding carboxylic acids is 2. The van der Waals surface area contributed by atoms with Gasteiger partial charge in [0.25, 0.3) is 11.1 Å². The van der Waals surface area contributed by atoms with Gasteiger partial charge >= 0.3 is 5.97 Å². The van der Waals surface area contributed by atoms with E-state index < -0.39 is 23.7 Å². The molecule has 25 heavy (non-hydrogen) atoms. The van der Waals surface area contributed by atoms with Crippen molar-refractivity contribution in [1.82, 2.24) is 4.90 Å². The van der Waals surface area contributed by atoms with E-state index in [0.29, 0.717) is 46.2 Å². The van der Waals surface area contributed by atoms with Gasteiger partial charge in [0.2, 0.25) is 0 Å². The van der Waals surface area contributed by atoms with Crippen molar-refractivity contribution in [2.24, 2.45) is 5.92 Å². The fraction of sp³-hybridized carbons (Fsp3) is 0.353. The highest BCUT2D eigenvalue weighted by molar-refractivity contribution is 8.18. The summed E-state index contributed by atoms with van der Waals surface area (Å²) in [7, 11) is 1.52. The fourth-order valence-corrected chi connectivity index (χ4v) is 2.91. The van der Waals surface area contributed by atoms with E-state index in [1.807, 2.05) is 13.8 Å². The lowest BCUT2D eigenvalue weighted by atomic mass is 10.1. The van der Waals surface area contributed by atoms with Crippen LogP contribution in [0.2, 0.25) is 0 Å². The highest BCUT2D eigenvalue weighted by atomic mass is 32.2. The number of nitrogens with zero attached hydrogens (tertiary/aromatic N) is 1. The van der Waals surface area contributed by atoms with Gasteiger partial charge in [-0.3, -0.25) is 19.3 Å². The van der Waals surface area contributed by atoms with Crippen LogP contribution in [0.15, 0.2) is 23.1 Å². The Kier molecular flexibility index (Phi) is 6.08. The average molecular weight is 365 g/mol. The molecule has 1 aromatic carbocycles. The number of carboxylic acid groups (broad SMARTS) is 1. The standard InChI is InChI=1S/C17H19NO6S/c1-10(2)9-24-12-5-4-11(6-13(12)23-3)7-14-16(21)18(8-15(19)20)17(22)25-14/h4-7,10H,8-9H2,1-3H3,(H,19,20)/b14-7-. The minimum atomic E-state index is -1.24. The molecule has 2 rings (SSSR count). The van der Waals surface area contributed by atoms with Crippen molar-refractivity contribution in [2.45, 2.75) is 13.8 Å². The molecule has 1 aromatic rings. The number of ether oxygens (including phenoxy) is 2. The second kappa shape index (κ2) is 8.06. The smallest absolute Gasteiger partial charge is 0.323 e. The molecule has 1 saturated heterocycles. The van der Waals surface area contributed by atoms with Crippen molar-refractivity contribution < 1.29 is 29.0 Å². The summed E-state index contributed by atoms with van der Waals surface area (Å²) in [4.78, 5) is 35.5. The first-order valence-electron chi connectivity index (χ1n) is 7.59. The van der Waals surface area contributed by atoms with Crippen molar-refractivity contribution in [3.8, 4) is 11.5 Å². The lowest BCUT2D eigenvalue weighted by Crippen LogP contribution is -2.33. The molecule has 1 aliphatic rings. The zero-order valence-electron chi connectivity index (χ0n) is 14.1. The molecular formula is C17H19NO6S. The van der Waals surface area contributed by atoms with Gasteiger partial charge in [0.1, 0.15) is 6.54 Å². The number of methoxy groups -OCH3 is 1. The van der Waals surface area contributed by atoms with Crippen LogP contribution in [0.4, 0.5) is 4.79 Å². The topological polar surface area (TPSA) is 93.1 Å². The molecule has 0 atom stereocenters. The van der Waals surface area contributed by atoms with Crippen molar-refractivity contribution in [2.75, 3.05) is 20.3 Å². The molecule has 134 valence electrons. The molecule has 0 aromatic heterocycles. The van der Waals surface area contributed by atoms with Crippen LogP contribution in [0.25, 0.3) is 6.08 Å². The lowest BCUT2D eigenvalue weighted by molar-refractivity contribution is -0.140. The highest BCUT2D eigenvalue weighted by Crippen LogP contribution is 2.34. The maximum atomic E-state index is 12.2. The van der Waals surface area contributed by atoms with Crippen LogP contribution < -0.4 is 9.47 Å². The highest BCUT2D eigenvalue weighted by Gasteiger charge is 2.36. The van der Waals surface area contributed by atoms with E-state index in [1.54, 1.807) is 18.2 Å². The normalized spacial score (nSPS) is 16.0. The number of amides is 2. The van der Waals surface area contributed by atoms with E-state index >= 15 is 0 Å². The minimum absolute atomic E-state index is 0.171. The number of imide groups is 1. The Morgan fingerprint density at radius 3 is 2.64 bits per heavy atom. The Labute approximate surface area is 149 Å². The van der Waals surface area contributed by atoms with Crippen molar-refractivity contribution >= 4 is 35.0 Å². The fourth-order valence-electron chi connectivity index (χ4n) is 2.07. The van der Waals surface area contributed by atoms with Gasteiger partial charge in [0, 0.05) is 0 Å². The Morgan fingerprint density at radius 1 is 1.32 bits per heavy atom. The number of carbonyl (C=O) groups is 3.